The minimum Gasteiger partial charge on any atom is -0.444 e. The fourth-order valence-electron chi connectivity index (χ4n) is 6.48. The molecule has 2 aromatic carbocycles. The maximum absolute atomic E-state index is 12.5. The molecular weight excluding hydrogens is 500 g/mol. The minimum atomic E-state index is -0.475. The average Bonchev–Trinajstić information content (AvgIpc) is 2.94. The molecule has 0 unspecified atom stereocenters. The number of benzene rings is 2. The Morgan fingerprint density at radius 2 is 1.82 bits per heavy atom. The highest BCUT2D eigenvalue weighted by Crippen LogP contribution is 2.35. The van der Waals surface area contributed by atoms with Crippen molar-refractivity contribution < 1.29 is 9.53 Å². The van der Waals surface area contributed by atoms with Crippen LogP contribution < -0.4 is 9.80 Å². The van der Waals surface area contributed by atoms with Crippen molar-refractivity contribution in [2.75, 3.05) is 49.1 Å². The van der Waals surface area contributed by atoms with Gasteiger partial charge in [-0.2, -0.15) is 5.26 Å². The van der Waals surface area contributed by atoms with Crippen molar-refractivity contribution in [3.05, 3.63) is 65.4 Å². The third-order valence-electron chi connectivity index (χ3n) is 8.45. The van der Waals surface area contributed by atoms with Crippen LogP contribution in [0, 0.1) is 11.3 Å². The number of ether oxygens (including phenoxy) is 1. The van der Waals surface area contributed by atoms with Crippen molar-refractivity contribution >= 4 is 28.4 Å². The van der Waals surface area contributed by atoms with Crippen molar-refractivity contribution in [3.8, 4) is 6.07 Å². The van der Waals surface area contributed by atoms with Crippen LogP contribution >= 0.6 is 0 Å². The van der Waals surface area contributed by atoms with E-state index in [1.807, 2.05) is 37.8 Å². The van der Waals surface area contributed by atoms with E-state index in [1.165, 1.54) is 16.8 Å². The summed E-state index contributed by atoms with van der Waals surface area (Å²) < 4.78 is 5.57. The van der Waals surface area contributed by atoms with Crippen LogP contribution in [0.1, 0.15) is 44.4 Å². The van der Waals surface area contributed by atoms with Crippen LogP contribution in [0.15, 0.2) is 48.7 Å². The number of hydrogen-bond donors (Lipinski definition) is 0. The molecule has 4 heterocycles. The zero-order valence-electron chi connectivity index (χ0n) is 23.9. The Morgan fingerprint density at radius 3 is 2.58 bits per heavy atom. The molecule has 0 aliphatic carbocycles. The fraction of sp³-hybridized carbons (Fsp3) is 0.469. The van der Waals surface area contributed by atoms with Crippen LogP contribution in [0.3, 0.4) is 0 Å². The number of carbonyl (C=O) groups excluding carboxylic acids is 1. The Hall–Kier alpha value is -3.83. The van der Waals surface area contributed by atoms with Gasteiger partial charge in [0.2, 0.25) is 0 Å². The topological polar surface area (TPSA) is 75.9 Å². The quantitative estimate of drug-likeness (QED) is 0.464. The number of amides is 1. The predicted octanol–water partition coefficient (Wildman–Crippen LogP) is 4.80. The Morgan fingerprint density at radius 1 is 1.02 bits per heavy atom. The average molecular weight is 539 g/mol. The summed E-state index contributed by atoms with van der Waals surface area (Å²) >= 11 is 0. The second kappa shape index (κ2) is 10.3. The number of nitriles is 1. The molecule has 8 heteroatoms. The lowest BCUT2D eigenvalue weighted by atomic mass is 9.89. The Labute approximate surface area is 236 Å². The summed E-state index contributed by atoms with van der Waals surface area (Å²) in [5, 5.41) is 10.6. The molecule has 0 spiro atoms. The summed E-state index contributed by atoms with van der Waals surface area (Å²) in [5.74, 6) is 0. The highest BCUT2D eigenvalue weighted by Gasteiger charge is 2.36. The van der Waals surface area contributed by atoms with Gasteiger partial charge in [-0.15, -0.1) is 0 Å². The van der Waals surface area contributed by atoms with E-state index in [1.54, 1.807) is 6.20 Å². The summed E-state index contributed by atoms with van der Waals surface area (Å²) in [6.45, 7) is 13.9. The van der Waals surface area contributed by atoms with E-state index in [-0.39, 0.29) is 6.09 Å². The standard InChI is InChI=1S/C32H38N6O2/c1-22-19-37(29-10-8-23(18-33)30-28(29)6-5-11-34-30)21-27-17-25-16-26(9-7-24(25)20-38(22)27)35-12-14-36(15-13-35)31(39)40-32(2,3)4/h5-11,16,22,27H,12-15,17,19-21H2,1-4H3/t22-,27+/m1/s1. The molecule has 0 N–H and O–H groups in total. The van der Waals surface area contributed by atoms with Crippen molar-refractivity contribution in [2.45, 2.75) is 58.3 Å². The van der Waals surface area contributed by atoms with E-state index >= 15 is 0 Å². The van der Waals surface area contributed by atoms with E-state index < -0.39 is 5.60 Å². The highest BCUT2D eigenvalue weighted by molar-refractivity contribution is 5.95. The first-order chi connectivity index (χ1) is 19.2. The van der Waals surface area contributed by atoms with Crippen LogP contribution in [-0.2, 0) is 17.7 Å². The third kappa shape index (κ3) is 5.06. The number of rotatable bonds is 2. The molecule has 2 saturated heterocycles. The number of carbonyl (C=O) groups is 1. The maximum atomic E-state index is 12.5. The monoisotopic (exact) mass is 538 g/mol. The number of anilines is 2. The predicted molar refractivity (Wildman–Crippen MR) is 158 cm³/mol. The maximum Gasteiger partial charge on any atom is 0.410 e. The van der Waals surface area contributed by atoms with Gasteiger partial charge in [-0.25, -0.2) is 4.79 Å². The largest absolute Gasteiger partial charge is 0.444 e. The molecule has 2 fully saturated rings. The van der Waals surface area contributed by atoms with Crippen molar-refractivity contribution in [3.63, 3.8) is 0 Å². The van der Waals surface area contributed by atoms with Crippen molar-refractivity contribution in [1.82, 2.24) is 14.8 Å². The van der Waals surface area contributed by atoms with E-state index in [2.05, 4.69) is 63.0 Å². The molecule has 1 aromatic heterocycles. The highest BCUT2D eigenvalue weighted by atomic mass is 16.6. The molecular formula is C32H38N6O2. The summed E-state index contributed by atoms with van der Waals surface area (Å²) in [4.78, 5) is 26.4. The van der Waals surface area contributed by atoms with Gasteiger partial charge in [0.25, 0.3) is 0 Å². The van der Waals surface area contributed by atoms with Crippen molar-refractivity contribution in [1.29, 1.82) is 5.26 Å². The zero-order chi connectivity index (χ0) is 28.0. The van der Waals surface area contributed by atoms with E-state index in [0.717, 1.165) is 55.7 Å². The van der Waals surface area contributed by atoms with Gasteiger partial charge in [-0.1, -0.05) is 6.07 Å². The lowest BCUT2D eigenvalue weighted by Crippen LogP contribution is -2.59. The molecule has 2 atom stereocenters. The van der Waals surface area contributed by atoms with E-state index in [0.29, 0.717) is 30.7 Å². The van der Waals surface area contributed by atoms with Gasteiger partial charge in [-0.05, 0) is 81.6 Å². The summed E-state index contributed by atoms with van der Waals surface area (Å²) in [5.41, 5.74) is 6.17. The van der Waals surface area contributed by atoms with Crippen LogP contribution in [0.2, 0.25) is 0 Å². The Bertz CT molecular complexity index is 1470. The van der Waals surface area contributed by atoms with Crippen LogP contribution in [0.5, 0.6) is 0 Å². The summed E-state index contributed by atoms with van der Waals surface area (Å²) in [6, 6.07) is 18.1. The van der Waals surface area contributed by atoms with Crippen molar-refractivity contribution in [2.24, 2.45) is 0 Å². The molecule has 1 amide bonds. The van der Waals surface area contributed by atoms with Crippen LogP contribution in [-0.4, -0.2) is 77.8 Å². The number of aromatic nitrogens is 1. The molecule has 3 aliphatic rings. The Balaban J connectivity index is 1.18. The van der Waals surface area contributed by atoms with Crippen LogP contribution in [0.4, 0.5) is 16.2 Å². The lowest BCUT2D eigenvalue weighted by Gasteiger charge is -2.49. The van der Waals surface area contributed by atoms with Gasteiger partial charge in [0.1, 0.15) is 11.7 Å². The lowest BCUT2D eigenvalue weighted by molar-refractivity contribution is 0.0240. The normalized spacial score (nSPS) is 21.5. The number of hydrogen-bond acceptors (Lipinski definition) is 7. The number of fused-ring (bicyclic) bond motifs is 3. The molecule has 0 radical (unpaired) electrons. The van der Waals surface area contributed by atoms with Gasteiger partial charge in [0.15, 0.2) is 0 Å². The number of piperazine rings is 2. The van der Waals surface area contributed by atoms with Crippen LogP contribution in [0.25, 0.3) is 10.9 Å². The second-order valence-corrected chi connectivity index (χ2v) is 12.3. The summed E-state index contributed by atoms with van der Waals surface area (Å²) in [7, 11) is 0. The molecule has 0 bridgehead atoms. The second-order valence-electron chi connectivity index (χ2n) is 12.3. The minimum absolute atomic E-state index is 0.223. The number of nitrogens with zero attached hydrogens (tertiary/aromatic N) is 6. The van der Waals surface area contributed by atoms with E-state index in [4.69, 9.17) is 4.74 Å². The molecule has 6 rings (SSSR count). The number of pyridine rings is 1. The van der Waals surface area contributed by atoms with E-state index in [9.17, 15) is 10.1 Å². The molecule has 8 nitrogen and oxygen atoms in total. The SMILES string of the molecule is C[C@@H]1CN(c2ccc(C#N)c3ncccc23)C[C@@H]2Cc3cc(N4CCN(C(=O)OC(C)(C)C)CC4)ccc3CN21. The molecule has 208 valence electrons. The third-order valence-corrected chi connectivity index (χ3v) is 8.45. The molecule has 3 aliphatic heterocycles. The molecule has 3 aromatic rings. The molecule has 0 saturated carbocycles. The molecule has 40 heavy (non-hydrogen) atoms. The fourth-order valence-corrected chi connectivity index (χ4v) is 6.48. The Kier molecular flexibility index (Phi) is 6.79. The first kappa shape index (κ1) is 26.4. The van der Waals surface area contributed by atoms with Gasteiger partial charge in [0, 0.05) is 80.9 Å². The summed E-state index contributed by atoms with van der Waals surface area (Å²) in [6.07, 6.45) is 2.55. The first-order valence-corrected chi connectivity index (χ1v) is 14.3. The van der Waals surface area contributed by atoms with Gasteiger partial charge in [-0.3, -0.25) is 9.88 Å². The first-order valence-electron chi connectivity index (χ1n) is 14.3. The van der Waals surface area contributed by atoms with Gasteiger partial charge >= 0.3 is 6.09 Å². The van der Waals surface area contributed by atoms with Gasteiger partial charge < -0.3 is 19.4 Å². The van der Waals surface area contributed by atoms with Gasteiger partial charge in [0.05, 0.1) is 11.1 Å². The zero-order valence-corrected chi connectivity index (χ0v) is 23.9. The smallest absolute Gasteiger partial charge is 0.410 e.